The Hall–Kier alpha value is -0.590. The summed E-state index contributed by atoms with van der Waals surface area (Å²) in [4.78, 5) is 5.07. The molecule has 0 radical (unpaired) electrons. The Bertz CT molecular complexity index is 328. The van der Waals surface area contributed by atoms with Gasteiger partial charge in [-0.25, -0.2) is 0 Å². The smallest absolute Gasteiger partial charge is 0.0560 e. The van der Waals surface area contributed by atoms with Crippen LogP contribution in [0.2, 0.25) is 0 Å². The minimum Gasteiger partial charge on any atom is -0.290 e. The minimum atomic E-state index is 0.666. The molecule has 0 amide bonds. The van der Waals surface area contributed by atoms with Crippen LogP contribution in [0.15, 0.2) is 17.1 Å². The van der Waals surface area contributed by atoms with Gasteiger partial charge < -0.3 is 0 Å². The van der Waals surface area contributed by atoms with E-state index in [1.165, 1.54) is 57.1 Å². The first kappa shape index (κ1) is 11.5. The van der Waals surface area contributed by atoms with Crippen LogP contribution >= 0.6 is 0 Å². The highest BCUT2D eigenvalue weighted by atomic mass is 14.8. The van der Waals surface area contributed by atoms with Crippen molar-refractivity contribution in [2.75, 3.05) is 0 Å². The number of hydrogen-bond donors (Lipinski definition) is 0. The quantitative estimate of drug-likeness (QED) is 0.594. The summed E-state index contributed by atoms with van der Waals surface area (Å²) >= 11 is 0. The Morgan fingerprint density at radius 1 is 1.06 bits per heavy atom. The van der Waals surface area contributed by atoms with Crippen molar-refractivity contribution in [3.05, 3.63) is 12.2 Å². The van der Waals surface area contributed by atoms with E-state index in [9.17, 15) is 0 Å². The lowest BCUT2D eigenvalue weighted by Crippen LogP contribution is -2.39. The third-order valence-electron chi connectivity index (χ3n) is 5.13. The summed E-state index contributed by atoms with van der Waals surface area (Å²) in [5.41, 5.74) is 1.44. The summed E-state index contributed by atoms with van der Waals surface area (Å²) in [5, 5.41) is 0. The molecule has 94 valence electrons. The predicted octanol–water partition coefficient (Wildman–Crippen LogP) is 4.38. The predicted molar refractivity (Wildman–Crippen MR) is 73.4 cm³/mol. The molecule has 2 aliphatic carbocycles. The van der Waals surface area contributed by atoms with Crippen molar-refractivity contribution in [2.24, 2.45) is 22.7 Å². The highest BCUT2D eigenvalue weighted by Gasteiger charge is 2.38. The fraction of sp³-hybridized carbons (Fsp3) is 0.812. The zero-order valence-corrected chi connectivity index (χ0v) is 11.1. The van der Waals surface area contributed by atoms with Crippen LogP contribution in [0.25, 0.3) is 0 Å². The number of allylic oxidation sites excluding steroid dienone is 2. The van der Waals surface area contributed by atoms with E-state index in [-0.39, 0.29) is 0 Å². The van der Waals surface area contributed by atoms with Gasteiger partial charge in [0, 0.05) is 5.71 Å². The van der Waals surface area contributed by atoms with Gasteiger partial charge in [0.15, 0.2) is 0 Å². The molecule has 3 aliphatic rings. The van der Waals surface area contributed by atoms with E-state index in [4.69, 9.17) is 4.99 Å². The monoisotopic (exact) mass is 231 g/mol. The van der Waals surface area contributed by atoms with E-state index < -0.39 is 0 Å². The molecule has 1 saturated carbocycles. The van der Waals surface area contributed by atoms with Crippen molar-refractivity contribution in [1.29, 1.82) is 0 Å². The van der Waals surface area contributed by atoms with Gasteiger partial charge in [-0.1, -0.05) is 25.0 Å². The molecule has 0 saturated heterocycles. The molecule has 0 aromatic rings. The van der Waals surface area contributed by atoms with Crippen molar-refractivity contribution in [3.63, 3.8) is 0 Å². The Morgan fingerprint density at radius 3 is 2.76 bits per heavy atom. The molecule has 0 spiro atoms. The third-order valence-corrected chi connectivity index (χ3v) is 5.13. The van der Waals surface area contributed by atoms with E-state index in [0.717, 1.165) is 17.8 Å². The highest BCUT2D eigenvalue weighted by molar-refractivity contribution is 5.83. The van der Waals surface area contributed by atoms with Crippen molar-refractivity contribution < 1.29 is 0 Å². The fourth-order valence-electron chi connectivity index (χ4n) is 4.30. The molecule has 17 heavy (non-hydrogen) atoms. The normalized spacial score (nSPS) is 41.8. The van der Waals surface area contributed by atoms with Crippen LogP contribution in [0.5, 0.6) is 0 Å². The van der Waals surface area contributed by atoms with Gasteiger partial charge in [-0.15, -0.1) is 0 Å². The average molecular weight is 231 g/mol. The van der Waals surface area contributed by atoms with E-state index in [0.29, 0.717) is 6.04 Å². The van der Waals surface area contributed by atoms with Gasteiger partial charge in [-0.05, 0) is 63.2 Å². The van der Waals surface area contributed by atoms with Gasteiger partial charge in [0.2, 0.25) is 0 Å². The van der Waals surface area contributed by atoms with Gasteiger partial charge in [-0.2, -0.15) is 0 Å². The molecule has 1 aliphatic heterocycles. The molecule has 3 rings (SSSR count). The maximum Gasteiger partial charge on any atom is 0.0560 e. The number of fused-ring (bicyclic) bond motifs is 1. The molecular weight excluding hydrogens is 206 g/mol. The van der Waals surface area contributed by atoms with E-state index in [1.807, 2.05) is 0 Å². The van der Waals surface area contributed by atoms with Crippen LogP contribution in [0, 0.1) is 17.8 Å². The van der Waals surface area contributed by atoms with Crippen LogP contribution in [0.1, 0.15) is 58.3 Å². The Morgan fingerprint density at radius 2 is 1.94 bits per heavy atom. The van der Waals surface area contributed by atoms with E-state index in [1.54, 1.807) is 0 Å². The number of aliphatic imine (C=N–C) groups is 1. The second-order valence-corrected chi connectivity index (χ2v) is 6.31. The zero-order valence-electron chi connectivity index (χ0n) is 11.1. The van der Waals surface area contributed by atoms with Gasteiger partial charge in [0.05, 0.1) is 6.04 Å². The highest BCUT2D eigenvalue weighted by Crippen LogP contribution is 2.43. The largest absolute Gasteiger partial charge is 0.290 e. The van der Waals surface area contributed by atoms with Crippen LogP contribution in [-0.2, 0) is 0 Å². The first-order valence-electron chi connectivity index (χ1n) is 7.53. The van der Waals surface area contributed by atoms with Crippen molar-refractivity contribution in [3.8, 4) is 0 Å². The van der Waals surface area contributed by atoms with Crippen molar-refractivity contribution >= 4 is 5.71 Å². The number of hydrogen-bond acceptors (Lipinski definition) is 1. The second-order valence-electron chi connectivity index (χ2n) is 6.31. The Balaban J connectivity index is 1.80. The van der Waals surface area contributed by atoms with Crippen LogP contribution in [0.3, 0.4) is 0 Å². The second kappa shape index (κ2) is 4.96. The van der Waals surface area contributed by atoms with Crippen molar-refractivity contribution in [1.82, 2.24) is 0 Å². The summed E-state index contributed by atoms with van der Waals surface area (Å²) < 4.78 is 0. The summed E-state index contributed by atoms with van der Waals surface area (Å²) in [6.45, 7) is 2.26. The van der Waals surface area contributed by atoms with Gasteiger partial charge in [0.25, 0.3) is 0 Å². The molecule has 0 N–H and O–H groups in total. The molecule has 0 bridgehead atoms. The molecule has 4 atom stereocenters. The topological polar surface area (TPSA) is 12.4 Å². The first-order valence-corrected chi connectivity index (χ1v) is 7.53. The molecule has 0 aromatic carbocycles. The molecule has 1 heterocycles. The van der Waals surface area contributed by atoms with E-state index in [2.05, 4.69) is 19.1 Å². The lowest BCUT2D eigenvalue weighted by molar-refractivity contribution is 0.155. The van der Waals surface area contributed by atoms with Crippen LogP contribution < -0.4 is 0 Å². The maximum atomic E-state index is 5.07. The zero-order chi connectivity index (χ0) is 11.7. The molecule has 1 nitrogen and oxygen atoms in total. The Labute approximate surface area is 105 Å². The average Bonchev–Trinajstić information content (AvgIpc) is 2.39. The summed E-state index contributed by atoms with van der Waals surface area (Å²) in [6, 6.07) is 0.666. The summed E-state index contributed by atoms with van der Waals surface area (Å²) in [7, 11) is 0. The summed E-state index contributed by atoms with van der Waals surface area (Å²) in [5.74, 6) is 2.74. The summed E-state index contributed by atoms with van der Waals surface area (Å²) in [6.07, 6.45) is 15.8. The fourth-order valence-corrected chi connectivity index (χ4v) is 4.30. The first-order chi connectivity index (χ1) is 8.34. The van der Waals surface area contributed by atoms with Crippen molar-refractivity contribution in [2.45, 2.75) is 64.3 Å². The van der Waals surface area contributed by atoms with Crippen LogP contribution in [0.4, 0.5) is 0 Å². The third kappa shape index (κ3) is 2.34. The standard InChI is InChI=1S/C16H25N/c1-12-11-14-9-5-6-10-15(14)16(17-12)13-7-3-2-4-8-13/h2-3,13-16H,4-11H2,1H3. The maximum absolute atomic E-state index is 5.07. The molecule has 4 unspecified atom stereocenters. The van der Waals surface area contributed by atoms with Gasteiger partial charge in [-0.3, -0.25) is 4.99 Å². The molecule has 1 heteroatoms. The Kier molecular flexibility index (Phi) is 3.35. The molecule has 0 aromatic heterocycles. The number of rotatable bonds is 1. The lowest BCUT2D eigenvalue weighted by atomic mass is 9.67. The van der Waals surface area contributed by atoms with E-state index >= 15 is 0 Å². The van der Waals surface area contributed by atoms with Gasteiger partial charge in [0.1, 0.15) is 0 Å². The number of nitrogens with zero attached hydrogens (tertiary/aromatic N) is 1. The lowest BCUT2D eigenvalue weighted by Gasteiger charge is -2.42. The molecule has 1 fully saturated rings. The van der Waals surface area contributed by atoms with Gasteiger partial charge >= 0.3 is 0 Å². The minimum absolute atomic E-state index is 0.666. The molecular formula is C16H25N. The SMILES string of the molecule is CC1=NC(C2CC=CCC2)C2CCCCC2C1. The van der Waals surface area contributed by atoms with Crippen LogP contribution in [-0.4, -0.2) is 11.8 Å².